The van der Waals surface area contributed by atoms with Gasteiger partial charge in [0.2, 0.25) is 5.91 Å². The van der Waals surface area contributed by atoms with Crippen LogP contribution in [-0.4, -0.2) is 52.9 Å². The first-order valence-electron chi connectivity index (χ1n) is 7.41. The second-order valence-electron chi connectivity index (χ2n) is 5.78. The van der Waals surface area contributed by atoms with Gasteiger partial charge in [0.05, 0.1) is 10.9 Å². The van der Waals surface area contributed by atoms with Gasteiger partial charge in [0, 0.05) is 19.1 Å². The maximum Gasteiger partial charge on any atom is 0.232 e. The summed E-state index contributed by atoms with van der Waals surface area (Å²) in [6.45, 7) is 5.99. The molecule has 1 atom stereocenters. The molecular weight excluding hydrogens is 258 g/mol. The lowest BCUT2D eigenvalue weighted by Crippen LogP contribution is -2.50. The SMILES string of the molecule is CC(C(=O)N1CCC(N2CCCCC2)CC1)C(N)=S. The van der Waals surface area contributed by atoms with Crippen molar-refractivity contribution in [3.63, 3.8) is 0 Å². The number of hydrogen-bond acceptors (Lipinski definition) is 3. The van der Waals surface area contributed by atoms with Crippen molar-refractivity contribution in [2.24, 2.45) is 11.7 Å². The molecule has 0 bridgehead atoms. The Morgan fingerprint density at radius 1 is 1.16 bits per heavy atom. The van der Waals surface area contributed by atoms with Gasteiger partial charge in [-0.25, -0.2) is 0 Å². The average Bonchev–Trinajstić information content (AvgIpc) is 2.46. The predicted molar refractivity (Wildman–Crippen MR) is 81.0 cm³/mol. The van der Waals surface area contributed by atoms with Crippen molar-refractivity contribution in [1.29, 1.82) is 0 Å². The number of amides is 1. The summed E-state index contributed by atoms with van der Waals surface area (Å²) in [4.78, 5) is 17.0. The molecule has 5 heteroatoms. The van der Waals surface area contributed by atoms with E-state index in [0.717, 1.165) is 25.9 Å². The second kappa shape index (κ2) is 6.66. The van der Waals surface area contributed by atoms with E-state index in [-0.39, 0.29) is 11.8 Å². The quantitative estimate of drug-likeness (QED) is 0.795. The van der Waals surface area contributed by atoms with E-state index >= 15 is 0 Å². The van der Waals surface area contributed by atoms with E-state index in [1.807, 2.05) is 4.90 Å². The zero-order valence-corrected chi connectivity index (χ0v) is 12.6. The number of rotatable bonds is 3. The number of carbonyl (C=O) groups is 1. The maximum absolute atomic E-state index is 12.2. The molecule has 0 aromatic heterocycles. The Morgan fingerprint density at radius 3 is 2.26 bits per heavy atom. The number of thiocarbonyl (C=S) groups is 1. The predicted octanol–water partition coefficient (Wildman–Crippen LogP) is 1.39. The highest BCUT2D eigenvalue weighted by atomic mass is 32.1. The third kappa shape index (κ3) is 3.66. The van der Waals surface area contributed by atoms with E-state index in [4.69, 9.17) is 18.0 Å². The molecule has 0 spiro atoms. The van der Waals surface area contributed by atoms with Crippen LogP contribution in [0.25, 0.3) is 0 Å². The van der Waals surface area contributed by atoms with Gasteiger partial charge >= 0.3 is 0 Å². The van der Waals surface area contributed by atoms with Gasteiger partial charge in [0.1, 0.15) is 0 Å². The number of likely N-dealkylation sites (tertiary alicyclic amines) is 2. The van der Waals surface area contributed by atoms with Gasteiger partial charge < -0.3 is 15.5 Å². The molecule has 0 aromatic carbocycles. The third-order valence-electron chi connectivity index (χ3n) is 4.48. The lowest BCUT2D eigenvalue weighted by molar-refractivity contribution is -0.134. The minimum atomic E-state index is -0.318. The Hall–Kier alpha value is -0.680. The lowest BCUT2D eigenvalue weighted by Gasteiger charge is -2.40. The first kappa shape index (κ1) is 14.7. The first-order chi connectivity index (χ1) is 9.09. The minimum Gasteiger partial charge on any atom is -0.393 e. The van der Waals surface area contributed by atoms with Crippen molar-refractivity contribution in [2.75, 3.05) is 26.2 Å². The smallest absolute Gasteiger partial charge is 0.232 e. The fourth-order valence-electron chi connectivity index (χ4n) is 3.13. The summed E-state index contributed by atoms with van der Waals surface area (Å²) in [5.41, 5.74) is 5.56. The fourth-order valence-corrected chi connectivity index (χ4v) is 3.23. The van der Waals surface area contributed by atoms with Crippen LogP contribution in [0.4, 0.5) is 0 Å². The maximum atomic E-state index is 12.2. The zero-order chi connectivity index (χ0) is 13.8. The van der Waals surface area contributed by atoms with Gasteiger partial charge in [0.15, 0.2) is 0 Å². The molecule has 1 unspecified atom stereocenters. The van der Waals surface area contributed by atoms with Crippen molar-refractivity contribution in [3.8, 4) is 0 Å². The van der Waals surface area contributed by atoms with Gasteiger partial charge in [-0.15, -0.1) is 0 Å². The van der Waals surface area contributed by atoms with Crippen LogP contribution in [0.5, 0.6) is 0 Å². The summed E-state index contributed by atoms with van der Waals surface area (Å²) < 4.78 is 0. The molecule has 2 saturated heterocycles. The van der Waals surface area contributed by atoms with Crippen LogP contribution >= 0.6 is 12.2 Å². The normalized spacial score (nSPS) is 24.2. The summed E-state index contributed by atoms with van der Waals surface area (Å²) >= 11 is 4.91. The van der Waals surface area contributed by atoms with Crippen LogP contribution in [0.3, 0.4) is 0 Å². The van der Waals surface area contributed by atoms with Crippen LogP contribution in [0.1, 0.15) is 39.0 Å². The number of nitrogens with zero attached hydrogens (tertiary/aromatic N) is 2. The van der Waals surface area contributed by atoms with Gasteiger partial charge in [-0.1, -0.05) is 18.6 Å². The van der Waals surface area contributed by atoms with E-state index in [0.29, 0.717) is 11.0 Å². The Bertz CT molecular complexity index is 334. The van der Waals surface area contributed by atoms with Crippen molar-refractivity contribution in [3.05, 3.63) is 0 Å². The van der Waals surface area contributed by atoms with E-state index in [1.54, 1.807) is 6.92 Å². The largest absolute Gasteiger partial charge is 0.393 e. The van der Waals surface area contributed by atoms with E-state index in [9.17, 15) is 4.79 Å². The standard InChI is InChI=1S/C14H25N3OS/c1-11(13(15)19)14(18)17-9-5-12(6-10-17)16-7-3-2-4-8-16/h11-12H,2-10H2,1H3,(H2,15,19). The number of piperidine rings is 2. The highest BCUT2D eigenvalue weighted by Gasteiger charge is 2.29. The summed E-state index contributed by atoms with van der Waals surface area (Å²) in [7, 11) is 0. The summed E-state index contributed by atoms with van der Waals surface area (Å²) in [5.74, 6) is -0.217. The van der Waals surface area contributed by atoms with E-state index in [2.05, 4.69) is 4.90 Å². The monoisotopic (exact) mass is 283 g/mol. The second-order valence-corrected chi connectivity index (χ2v) is 6.25. The van der Waals surface area contributed by atoms with Crippen LogP contribution in [0, 0.1) is 5.92 Å². The molecule has 2 heterocycles. The number of nitrogens with two attached hydrogens (primary N) is 1. The van der Waals surface area contributed by atoms with E-state index < -0.39 is 0 Å². The summed E-state index contributed by atoms with van der Waals surface area (Å²) in [6, 6.07) is 0.671. The number of carbonyl (C=O) groups excluding carboxylic acids is 1. The molecule has 1 amide bonds. The Labute approximate surface area is 121 Å². The number of hydrogen-bond donors (Lipinski definition) is 1. The van der Waals surface area contributed by atoms with Gasteiger partial charge in [-0.3, -0.25) is 4.79 Å². The molecular formula is C14H25N3OS. The summed E-state index contributed by atoms with van der Waals surface area (Å²) in [6.07, 6.45) is 6.22. The molecule has 2 aliphatic heterocycles. The van der Waals surface area contributed by atoms with Gasteiger partial charge in [-0.2, -0.15) is 0 Å². The van der Waals surface area contributed by atoms with Crippen molar-refractivity contribution in [1.82, 2.24) is 9.80 Å². The average molecular weight is 283 g/mol. The molecule has 0 aliphatic carbocycles. The fraction of sp³-hybridized carbons (Fsp3) is 0.857. The molecule has 0 aromatic rings. The molecule has 2 fully saturated rings. The van der Waals surface area contributed by atoms with Crippen LogP contribution < -0.4 is 5.73 Å². The highest BCUT2D eigenvalue weighted by molar-refractivity contribution is 7.80. The first-order valence-corrected chi connectivity index (χ1v) is 7.82. The molecule has 0 saturated carbocycles. The lowest BCUT2D eigenvalue weighted by atomic mass is 9.99. The summed E-state index contributed by atoms with van der Waals surface area (Å²) in [5, 5.41) is 0. The van der Waals surface area contributed by atoms with E-state index in [1.165, 1.54) is 32.4 Å². The third-order valence-corrected chi connectivity index (χ3v) is 4.83. The molecule has 108 valence electrons. The van der Waals surface area contributed by atoms with Crippen molar-refractivity contribution < 1.29 is 4.79 Å². The molecule has 4 nitrogen and oxygen atoms in total. The molecule has 2 aliphatic rings. The zero-order valence-electron chi connectivity index (χ0n) is 11.8. The van der Waals surface area contributed by atoms with Crippen molar-refractivity contribution >= 4 is 23.1 Å². The highest BCUT2D eigenvalue weighted by Crippen LogP contribution is 2.21. The Kier molecular flexibility index (Phi) is 5.16. The van der Waals surface area contributed by atoms with Crippen molar-refractivity contribution in [2.45, 2.75) is 45.1 Å². The minimum absolute atomic E-state index is 0.101. The molecule has 2 rings (SSSR count). The van der Waals surface area contributed by atoms with Crippen LogP contribution in [-0.2, 0) is 4.79 Å². The molecule has 0 radical (unpaired) electrons. The molecule has 2 N–H and O–H groups in total. The Balaban J connectivity index is 1.81. The topological polar surface area (TPSA) is 49.6 Å². The van der Waals surface area contributed by atoms with Crippen LogP contribution in [0.2, 0.25) is 0 Å². The Morgan fingerprint density at radius 2 is 1.74 bits per heavy atom. The molecule has 19 heavy (non-hydrogen) atoms. The van der Waals surface area contributed by atoms with Gasteiger partial charge in [0.25, 0.3) is 0 Å². The van der Waals surface area contributed by atoms with Gasteiger partial charge in [-0.05, 0) is 45.7 Å². The van der Waals surface area contributed by atoms with Crippen LogP contribution in [0.15, 0.2) is 0 Å².